The molecule has 0 atom stereocenters. The first-order valence-corrected chi connectivity index (χ1v) is 5.09. The molecule has 0 rings (SSSR count). The van der Waals surface area contributed by atoms with Crippen LogP contribution in [0.5, 0.6) is 0 Å². The molecule has 0 amide bonds. The van der Waals surface area contributed by atoms with Gasteiger partial charge in [-0.2, -0.15) is 0 Å². The molecule has 78 valence electrons. The third-order valence-corrected chi connectivity index (χ3v) is 1.15. The SMILES string of the molecule is C=C.C=CCC.CC/C=C/CCC. The van der Waals surface area contributed by atoms with Crippen LogP contribution < -0.4 is 0 Å². The minimum absolute atomic E-state index is 1.08. The topological polar surface area (TPSA) is 0 Å². The van der Waals surface area contributed by atoms with E-state index in [1.807, 2.05) is 6.08 Å². The van der Waals surface area contributed by atoms with Gasteiger partial charge in [0.15, 0.2) is 0 Å². The average Bonchev–Trinajstić information content (AvgIpc) is 2.22. The van der Waals surface area contributed by atoms with Gasteiger partial charge in [-0.05, 0) is 19.3 Å². The molecule has 0 saturated heterocycles. The number of allylic oxidation sites excluding steroid dienone is 3. The summed E-state index contributed by atoms with van der Waals surface area (Å²) in [6.07, 6.45) is 11.1. The maximum atomic E-state index is 3.48. The third kappa shape index (κ3) is 53.6. The van der Waals surface area contributed by atoms with E-state index in [0.29, 0.717) is 0 Å². The van der Waals surface area contributed by atoms with E-state index in [9.17, 15) is 0 Å². The molecule has 0 nitrogen and oxygen atoms in total. The predicted octanol–water partition coefficient (Wildman–Crippen LogP) is 5.14. The van der Waals surface area contributed by atoms with Gasteiger partial charge in [-0.25, -0.2) is 0 Å². The number of rotatable bonds is 4. The Morgan fingerprint density at radius 3 is 1.62 bits per heavy atom. The van der Waals surface area contributed by atoms with Crippen molar-refractivity contribution in [2.75, 3.05) is 0 Å². The second kappa shape index (κ2) is 30.3. The smallest absolute Gasteiger partial charge is 0.0353 e. The largest absolute Gasteiger partial charge is 0.106 e. The molecule has 0 heteroatoms. The summed E-state index contributed by atoms with van der Waals surface area (Å²) in [4.78, 5) is 0. The van der Waals surface area contributed by atoms with Crippen molar-refractivity contribution in [2.45, 2.75) is 46.5 Å². The lowest BCUT2D eigenvalue weighted by Gasteiger charge is -1.79. The van der Waals surface area contributed by atoms with E-state index in [4.69, 9.17) is 0 Å². The van der Waals surface area contributed by atoms with E-state index in [-0.39, 0.29) is 0 Å². The second-order valence-corrected chi connectivity index (χ2v) is 2.37. The van der Waals surface area contributed by atoms with Crippen LogP contribution in [0.2, 0.25) is 0 Å². The summed E-state index contributed by atoms with van der Waals surface area (Å²) in [6.45, 7) is 15.9. The van der Waals surface area contributed by atoms with E-state index in [2.05, 4.69) is 52.7 Å². The molecule has 0 fully saturated rings. The van der Waals surface area contributed by atoms with Crippen molar-refractivity contribution < 1.29 is 0 Å². The maximum Gasteiger partial charge on any atom is -0.0353 e. The number of unbranched alkanes of at least 4 members (excludes halogenated alkanes) is 1. The molecule has 0 N–H and O–H groups in total. The summed E-state index contributed by atoms with van der Waals surface area (Å²) in [7, 11) is 0. The van der Waals surface area contributed by atoms with Gasteiger partial charge in [0.25, 0.3) is 0 Å². The average molecular weight is 182 g/mol. The van der Waals surface area contributed by atoms with Crippen LogP contribution >= 0.6 is 0 Å². The van der Waals surface area contributed by atoms with Crippen LogP contribution in [-0.4, -0.2) is 0 Å². The van der Waals surface area contributed by atoms with Gasteiger partial charge >= 0.3 is 0 Å². The Hall–Kier alpha value is -0.780. The molecular weight excluding hydrogens is 156 g/mol. The monoisotopic (exact) mass is 182 g/mol. The van der Waals surface area contributed by atoms with E-state index in [0.717, 1.165) is 6.42 Å². The molecule has 0 spiro atoms. The molecule has 0 aliphatic carbocycles. The Morgan fingerprint density at radius 1 is 0.923 bits per heavy atom. The molecule has 13 heavy (non-hydrogen) atoms. The first-order valence-electron chi connectivity index (χ1n) is 5.09. The number of hydrogen-bond donors (Lipinski definition) is 0. The molecule has 0 unspecified atom stereocenters. The van der Waals surface area contributed by atoms with Gasteiger partial charge in [0, 0.05) is 0 Å². The third-order valence-electron chi connectivity index (χ3n) is 1.15. The lowest BCUT2D eigenvalue weighted by atomic mass is 10.3. The van der Waals surface area contributed by atoms with E-state index >= 15 is 0 Å². The van der Waals surface area contributed by atoms with Crippen LogP contribution in [0.3, 0.4) is 0 Å². The summed E-state index contributed by atoms with van der Waals surface area (Å²) < 4.78 is 0. The fourth-order valence-corrected chi connectivity index (χ4v) is 0.451. The quantitative estimate of drug-likeness (QED) is 0.528. The predicted molar refractivity (Wildman–Crippen MR) is 66.1 cm³/mol. The van der Waals surface area contributed by atoms with Crippen molar-refractivity contribution >= 4 is 0 Å². The molecule has 0 bridgehead atoms. The minimum atomic E-state index is 1.08. The van der Waals surface area contributed by atoms with Crippen LogP contribution in [0.1, 0.15) is 46.5 Å². The summed E-state index contributed by atoms with van der Waals surface area (Å²) in [6, 6.07) is 0. The summed E-state index contributed by atoms with van der Waals surface area (Å²) in [5, 5.41) is 0. The van der Waals surface area contributed by atoms with E-state index in [1.165, 1.54) is 19.3 Å². The molecule has 0 heterocycles. The molecule has 0 aromatic heterocycles. The van der Waals surface area contributed by atoms with Crippen LogP contribution in [0, 0.1) is 0 Å². The Morgan fingerprint density at radius 2 is 1.38 bits per heavy atom. The van der Waals surface area contributed by atoms with Crippen molar-refractivity contribution in [3.05, 3.63) is 38.0 Å². The van der Waals surface area contributed by atoms with Gasteiger partial charge in [0.1, 0.15) is 0 Å². The zero-order valence-electron chi connectivity index (χ0n) is 9.68. The van der Waals surface area contributed by atoms with Gasteiger partial charge in [0.05, 0.1) is 0 Å². The van der Waals surface area contributed by atoms with Crippen molar-refractivity contribution in [1.29, 1.82) is 0 Å². The highest BCUT2D eigenvalue weighted by Crippen LogP contribution is 1.88. The lowest BCUT2D eigenvalue weighted by molar-refractivity contribution is 0.952. The Balaban J connectivity index is -0.000000142. The fourth-order valence-electron chi connectivity index (χ4n) is 0.451. The van der Waals surface area contributed by atoms with Gasteiger partial charge < -0.3 is 0 Å². The maximum absolute atomic E-state index is 3.48. The minimum Gasteiger partial charge on any atom is -0.106 e. The van der Waals surface area contributed by atoms with Crippen molar-refractivity contribution in [2.24, 2.45) is 0 Å². The zero-order valence-corrected chi connectivity index (χ0v) is 9.68. The first kappa shape index (κ1) is 18.1. The Bertz CT molecular complexity index is 90.2. The molecule has 0 aromatic carbocycles. The van der Waals surface area contributed by atoms with Crippen molar-refractivity contribution in [1.82, 2.24) is 0 Å². The standard InChI is InChI=1S/C7H14.C4H8.C2H4/c1-3-5-7-6-4-2;1-3-4-2;1-2/h5,7H,3-4,6H2,1-2H3;3H,1,4H2,2H3;1-2H2/b7-5+;;. The van der Waals surface area contributed by atoms with Gasteiger partial charge in [-0.1, -0.05) is 45.4 Å². The summed E-state index contributed by atoms with van der Waals surface area (Å²) >= 11 is 0. The lowest BCUT2D eigenvalue weighted by Crippen LogP contribution is -1.58. The normalized spacial score (nSPS) is 7.92. The molecule has 0 radical (unpaired) electrons. The van der Waals surface area contributed by atoms with Crippen LogP contribution in [0.25, 0.3) is 0 Å². The highest BCUT2D eigenvalue weighted by molar-refractivity contribution is 4.78. The van der Waals surface area contributed by atoms with E-state index in [1.54, 1.807) is 0 Å². The first-order chi connectivity index (χ1) is 6.33. The van der Waals surface area contributed by atoms with Gasteiger partial charge in [-0.15, -0.1) is 19.7 Å². The second-order valence-electron chi connectivity index (χ2n) is 2.37. The van der Waals surface area contributed by atoms with Crippen LogP contribution in [-0.2, 0) is 0 Å². The molecular formula is C13H26. The fraction of sp³-hybridized carbons (Fsp3) is 0.538. The van der Waals surface area contributed by atoms with Crippen LogP contribution in [0.4, 0.5) is 0 Å². The zero-order chi connectivity index (χ0) is 10.9. The molecule has 0 saturated carbocycles. The van der Waals surface area contributed by atoms with E-state index < -0.39 is 0 Å². The summed E-state index contributed by atoms with van der Waals surface area (Å²) in [5.74, 6) is 0. The summed E-state index contributed by atoms with van der Waals surface area (Å²) in [5.41, 5.74) is 0. The van der Waals surface area contributed by atoms with Crippen molar-refractivity contribution in [3.8, 4) is 0 Å². The van der Waals surface area contributed by atoms with Gasteiger partial charge in [-0.3, -0.25) is 0 Å². The highest BCUT2D eigenvalue weighted by atomic mass is 13.7. The van der Waals surface area contributed by atoms with Crippen LogP contribution in [0.15, 0.2) is 38.0 Å². The number of hydrogen-bond acceptors (Lipinski definition) is 0. The van der Waals surface area contributed by atoms with Crippen molar-refractivity contribution in [3.63, 3.8) is 0 Å². The molecule has 0 aromatic rings. The Labute approximate surface area is 85.1 Å². The molecule has 0 aliphatic heterocycles. The van der Waals surface area contributed by atoms with Gasteiger partial charge in [0.2, 0.25) is 0 Å². The molecule has 0 aliphatic rings. The Kier molecular flexibility index (Phi) is 42.2. The highest BCUT2D eigenvalue weighted by Gasteiger charge is 1.68.